The Morgan fingerprint density at radius 1 is 0.741 bits per heavy atom. The zero-order chi connectivity index (χ0) is 22.5. The fourth-order valence-electron chi connectivity index (χ4n) is 3.21. The van der Waals surface area contributed by atoms with Crippen molar-refractivity contribution in [2.24, 2.45) is 21.7 Å². The Bertz CT molecular complexity index is 554. The SMILES string of the molecule is COC(=O)C(F)(C(C)(C)C)C(F)(F)C(C)(C)C(C)(C)C(F)(F)CC(C)(C)C. The smallest absolute Gasteiger partial charge is 0.350 e. The molecule has 0 radical (unpaired) electrons. The highest BCUT2D eigenvalue weighted by Crippen LogP contribution is 2.64. The average Bonchev–Trinajstić information content (AvgIpc) is 2.40. The van der Waals surface area contributed by atoms with Crippen LogP contribution in [0.15, 0.2) is 0 Å². The van der Waals surface area contributed by atoms with Crippen LogP contribution in [0, 0.1) is 21.7 Å². The van der Waals surface area contributed by atoms with Gasteiger partial charge in [0, 0.05) is 22.7 Å². The third-order valence-corrected chi connectivity index (χ3v) is 5.95. The Labute approximate surface area is 160 Å². The van der Waals surface area contributed by atoms with Gasteiger partial charge in [0.2, 0.25) is 0 Å². The summed E-state index contributed by atoms with van der Waals surface area (Å²) >= 11 is 0. The molecule has 0 saturated carbocycles. The van der Waals surface area contributed by atoms with E-state index in [9.17, 15) is 4.79 Å². The Morgan fingerprint density at radius 3 is 1.37 bits per heavy atom. The molecule has 1 atom stereocenters. The summed E-state index contributed by atoms with van der Waals surface area (Å²) in [6, 6.07) is 0. The Kier molecular flexibility index (Phi) is 6.65. The van der Waals surface area contributed by atoms with E-state index in [4.69, 9.17) is 0 Å². The first kappa shape index (κ1) is 26.1. The number of hydrogen-bond donors (Lipinski definition) is 0. The molecule has 162 valence electrons. The fraction of sp³-hybridized carbons (Fsp3) is 0.950. The van der Waals surface area contributed by atoms with Gasteiger partial charge in [-0.2, -0.15) is 0 Å². The van der Waals surface area contributed by atoms with Gasteiger partial charge in [0.25, 0.3) is 17.5 Å². The number of hydrogen-bond acceptors (Lipinski definition) is 2. The Morgan fingerprint density at radius 2 is 1.11 bits per heavy atom. The van der Waals surface area contributed by atoms with Crippen molar-refractivity contribution in [3.8, 4) is 0 Å². The third kappa shape index (κ3) is 3.98. The molecule has 27 heavy (non-hydrogen) atoms. The third-order valence-electron chi connectivity index (χ3n) is 5.95. The molecule has 0 aliphatic heterocycles. The van der Waals surface area contributed by atoms with Crippen molar-refractivity contribution in [3.63, 3.8) is 0 Å². The molecule has 0 spiro atoms. The number of alkyl halides is 5. The summed E-state index contributed by atoms with van der Waals surface area (Å²) in [5.41, 5.74) is -11.5. The van der Waals surface area contributed by atoms with Crippen molar-refractivity contribution < 1.29 is 31.5 Å². The zero-order valence-electron chi connectivity index (χ0n) is 18.4. The van der Waals surface area contributed by atoms with Gasteiger partial charge < -0.3 is 4.74 Å². The lowest BCUT2D eigenvalue weighted by molar-refractivity contribution is -0.298. The van der Waals surface area contributed by atoms with Gasteiger partial charge in [-0.1, -0.05) is 69.2 Å². The van der Waals surface area contributed by atoms with E-state index in [0.29, 0.717) is 0 Å². The van der Waals surface area contributed by atoms with Crippen molar-refractivity contribution in [1.82, 2.24) is 0 Å². The van der Waals surface area contributed by atoms with Crippen molar-refractivity contribution in [1.29, 1.82) is 0 Å². The van der Waals surface area contributed by atoms with E-state index >= 15 is 22.0 Å². The molecule has 0 aliphatic carbocycles. The molecule has 0 aromatic rings. The standard InChI is InChI=1S/C20H35F5O2/c1-14(2,3)12-18(21,22)16(7,8)17(9,10)20(24,25)19(23,13(26)27-11)15(4,5)6/h12H2,1-11H3. The van der Waals surface area contributed by atoms with Gasteiger partial charge in [-0.3, -0.25) is 0 Å². The number of ether oxygens (including phenoxy) is 1. The normalized spacial score (nSPS) is 17.5. The molecule has 0 aliphatic rings. The lowest BCUT2D eigenvalue weighted by Gasteiger charge is -2.55. The molecular formula is C20H35F5O2. The maximum absolute atomic E-state index is 15.8. The van der Waals surface area contributed by atoms with Crippen LogP contribution in [-0.2, 0) is 9.53 Å². The van der Waals surface area contributed by atoms with Crippen molar-refractivity contribution in [2.45, 2.75) is 93.2 Å². The van der Waals surface area contributed by atoms with Crippen LogP contribution in [0.3, 0.4) is 0 Å². The lowest BCUT2D eigenvalue weighted by atomic mass is 9.54. The van der Waals surface area contributed by atoms with Crippen molar-refractivity contribution in [2.75, 3.05) is 7.11 Å². The number of carbonyl (C=O) groups is 1. The van der Waals surface area contributed by atoms with Crippen LogP contribution in [0.4, 0.5) is 22.0 Å². The molecule has 0 aromatic heterocycles. The predicted molar refractivity (Wildman–Crippen MR) is 96.8 cm³/mol. The van der Waals surface area contributed by atoms with E-state index < -0.39 is 51.6 Å². The summed E-state index contributed by atoms with van der Waals surface area (Å²) in [6.07, 6.45) is -0.667. The van der Waals surface area contributed by atoms with E-state index in [1.54, 1.807) is 20.8 Å². The van der Waals surface area contributed by atoms with Crippen molar-refractivity contribution in [3.05, 3.63) is 0 Å². The minimum absolute atomic E-state index is 0.667. The first-order valence-corrected chi connectivity index (χ1v) is 8.97. The van der Waals surface area contributed by atoms with E-state index in [0.717, 1.165) is 55.6 Å². The van der Waals surface area contributed by atoms with Crippen LogP contribution < -0.4 is 0 Å². The van der Waals surface area contributed by atoms with Crippen LogP contribution in [-0.4, -0.2) is 30.6 Å². The molecule has 0 aromatic carbocycles. The summed E-state index contributed by atoms with van der Waals surface area (Å²) in [6.45, 7) is 11.8. The number of rotatable bonds is 6. The van der Waals surface area contributed by atoms with Crippen LogP contribution in [0.25, 0.3) is 0 Å². The fourth-order valence-corrected chi connectivity index (χ4v) is 3.21. The summed E-state index contributed by atoms with van der Waals surface area (Å²) < 4.78 is 81.6. The largest absolute Gasteiger partial charge is 0.466 e. The maximum Gasteiger partial charge on any atom is 0.350 e. The second kappa shape index (κ2) is 6.87. The predicted octanol–water partition coefficient (Wildman–Crippen LogP) is 6.67. The summed E-state index contributed by atoms with van der Waals surface area (Å²) in [5, 5.41) is 0. The number of esters is 1. The van der Waals surface area contributed by atoms with Gasteiger partial charge in [0.05, 0.1) is 7.11 Å². The highest BCUT2D eigenvalue weighted by Gasteiger charge is 2.77. The summed E-state index contributed by atoms with van der Waals surface area (Å²) in [4.78, 5) is 12.1. The van der Waals surface area contributed by atoms with Crippen molar-refractivity contribution >= 4 is 5.97 Å². The molecule has 0 saturated heterocycles. The lowest BCUT2D eigenvalue weighted by Crippen LogP contribution is -2.69. The van der Waals surface area contributed by atoms with Crippen LogP contribution in [0.2, 0.25) is 0 Å². The molecule has 0 rings (SSSR count). The second-order valence-electron chi connectivity index (χ2n) is 10.7. The first-order valence-electron chi connectivity index (χ1n) is 8.97. The molecule has 0 fully saturated rings. The molecule has 0 N–H and O–H groups in total. The molecular weight excluding hydrogens is 367 g/mol. The molecule has 0 amide bonds. The topological polar surface area (TPSA) is 26.3 Å². The van der Waals surface area contributed by atoms with Crippen LogP contribution >= 0.6 is 0 Å². The van der Waals surface area contributed by atoms with E-state index in [2.05, 4.69) is 4.74 Å². The average molecular weight is 402 g/mol. The van der Waals surface area contributed by atoms with Gasteiger partial charge in [0.1, 0.15) is 0 Å². The van der Waals surface area contributed by atoms with E-state index in [1.807, 2.05) is 0 Å². The monoisotopic (exact) mass is 402 g/mol. The second-order valence-corrected chi connectivity index (χ2v) is 10.7. The molecule has 0 bridgehead atoms. The number of methoxy groups -OCH3 is 1. The molecule has 7 heteroatoms. The summed E-state index contributed by atoms with van der Waals surface area (Å²) in [7, 11) is 0.796. The Hall–Kier alpha value is -0.880. The van der Waals surface area contributed by atoms with E-state index in [1.165, 1.54) is 0 Å². The quantitative estimate of drug-likeness (QED) is 0.366. The maximum atomic E-state index is 15.8. The first-order chi connectivity index (χ1) is 11.4. The summed E-state index contributed by atoms with van der Waals surface area (Å²) in [5.74, 6) is -9.77. The van der Waals surface area contributed by atoms with Gasteiger partial charge in [0.15, 0.2) is 0 Å². The molecule has 2 nitrogen and oxygen atoms in total. The van der Waals surface area contributed by atoms with Crippen LogP contribution in [0.1, 0.15) is 75.7 Å². The highest BCUT2D eigenvalue weighted by atomic mass is 19.3. The van der Waals surface area contributed by atoms with Crippen LogP contribution in [0.5, 0.6) is 0 Å². The van der Waals surface area contributed by atoms with E-state index in [-0.39, 0.29) is 0 Å². The minimum Gasteiger partial charge on any atom is -0.466 e. The molecule has 1 unspecified atom stereocenters. The highest BCUT2D eigenvalue weighted by molar-refractivity contribution is 5.82. The minimum atomic E-state index is -4.45. The Balaban J connectivity index is 6.64. The van der Waals surface area contributed by atoms with Gasteiger partial charge in [-0.15, -0.1) is 0 Å². The number of carbonyl (C=O) groups excluding carboxylic acids is 1. The molecule has 0 heterocycles. The van der Waals surface area contributed by atoms with Gasteiger partial charge >= 0.3 is 5.97 Å². The zero-order valence-corrected chi connectivity index (χ0v) is 18.4. The number of halogens is 5. The van der Waals surface area contributed by atoms with Gasteiger partial charge in [-0.25, -0.2) is 26.7 Å². The van der Waals surface area contributed by atoms with Gasteiger partial charge in [-0.05, 0) is 5.41 Å².